The topological polar surface area (TPSA) is 85.1 Å². The molecular weight excluding hydrogens is 352 g/mol. The third-order valence-corrected chi connectivity index (χ3v) is 3.14. The highest BCUT2D eigenvalue weighted by Crippen LogP contribution is 2.29. The number of nitrogens with one attached hydrogen (secondary N) is 1. The Bertz CT molecular complexity index is 740. The number of hydrogen-bond acceptors (Lipinski definition) is 4. The second-order valence-electron chi connectivity index (χ2n) is 3.81. The Morgan fingerprint density at radius 3 is 2.67 bits per heavy atom. The molecule has 108 valence electrons. The van der Waals surface area contributed by atoms with E-state index in [0.29, 0.717) is 6.07 Å². The minimum absolute atomic E-state index is 0.0236. The number of rotatable bonds is 3. The maximum Gasteiger partial charge on any atom is 0.296 e. The van der Waals surface area contributed by atoms with Crippen molar-refractivity contribution in [1.82, 2.24) is 4.98 Å². The van der Waals surface area contributed by atoms with E-state index in [9.17, 15) is 23.7 Å². The molecule has 2 rings (SSSR count). The second kappa shape index (κ2) is 5.92. The van der Waals surface area contributed by atoms with Crippen molar-refractivity contribution in [2.24, 2.45) is 0 Å². The summed E-state index contributed by atoms with van der Waals surface area (Å²) in [6.45, 7) is 0. The van der Waals surface area contributed by atoms with Crippen LogP contribution in [0, 0.1) is 21.7 Å². The van der Waals surface area contributed by atoms with Gasteiger partial charge in [-0.25, -0.2) is 13.8 Å². The van der Waals surface area contributed by atoms with Gasteiger partial charge in [0.2, 0.25) is 0 Å². The van der Waals surface area contributed by atoms with Gasteiger partial charge in [0.1, 0.15) is 4.60 Å². The van der Waals surface area contributed by atoms with E-state index in [1.807, 2.05) is 5.32 Å². The molecule has 0 bridgehead atoms. The highest BCUT2D eigenvalue weighted by atomic mass is 79.9. The van der Waals surface area contributed by atoms with Gasteiger partial charge in [0.15, 0.2) is 17.3 Å². The van der Waals surface area contributed by atoms with Crippen LogP contribution in [0.3, 0.4) is 0 Å². The Balaban J connectivity index is 2.44. The molecule has 0 atom stereocenters. The Morgan fingerprint density at radius 1 is 1.33 bits per heavy atom. The van der Waals surface area contributed by atoms with Crippen molar-refractivity contribution >= 4 is 33.2 Å². The molecule has 0 fully saturated rings. The zero-order valence-corrected chi connectivity index (χ0v) is 11.7. The third kappa shape index (κ3) is 3.02. The molecule has 0 radical (unpaired) electrons. The molecule has 0 aliphatic heterocycles. The summed E-state index contributed by atoms with van der Waals surface area (Å²) in [5.41, 5.74) is -1.56. The van der Waals surface area contributed by atoms with Crippen LogP contribution in [0.15, 0.2) is 35.1 Å². The summed E-state index contributed by atoms with van der Waals surface area (Å²) in [4.78, 5) is 25.7. The number of anilines is 1. The predicted octanol–water partition coefficient (Wildman–Crippen LogP) is 3.28. The third-order valence-electron chi connectivity index (χ3n) is 2.51. The first-order chi connectivity index (χ1) is 9.91. The lowest BCUT2D eigenvalue weighted by molar-refractivity contribution is -0.384. The highest BCUT2D eigenvalue weighted by Gasteiger charge is 2.24. The lowest BCUT2D eigenvalue weighted by atomic mass is 10.2. The predicted molar refractivity (Wildman–Crippen MR) is 72.9 cm³/mol. The molecular formula is C12H6BrF2N3O3. The summed E-state index contributed by atoms with van der Waals surface area (Å²) in [6.07, 6.45) is 1.41. The van der Waals surface area contributed by atoms with Crippen LogP contribution >= 0.6 is 15.9 Å². The van der Waals surface area contributed by atoms with Crippen LogP contribution in [0.2, 0.25) is 0 Å². The Morgan fingerprint density at radius 2 is 2.05 bits per heavy atom. The number of nitro groups is 1. The molecule has 0 spiro atoms. The average Bonchev–Trinajstić information content (AvgIpc) is 2.44. The van der Waals surface area contributed by atoms with Crippen molar-refractivity contribution in [3.05, 3.63) is 62.4 Å². The quantitative estimate of drug-likeness (QED) is 0.518. The molecule has 0 saturated heterocycles. The number of hydrogen-bond donors (Lipinski definition) is 1. The molecule has 2 aromatic rings. The normalized spacial score (nSPS) is 10.2. The first-order valence-corrected chi connectivity index (χ1v) is 6.25. The first-order valence-electron chi connectivity index (χ1n) is 5.46. The molecule has 1 N–H and O–H groups in total. The van der Waals surface area contributed by atoms with E-state index < -0.39 is 33.8 Å². The Hall–Kier alpha value is -2.42. The summed E-state index contributed by atoms with van der Waals surface area (Å²) in [6, 6.07) is 4.21. The van der Waals surface area contributed by atoms with Gasteiger partial charge in [0.25, 0.3) is 11.6 Å². The van der Waals surface area contributed by atoms with Crippen LogP contribution in [-0.4, -0.2) is 15.8 Å². The number of amides is 1. The van der Waals surface area contributed by atoms with Gasteiger partial charge in [0.05, 0.1) is 10.5 Å². The van der Waals surface area contributed by atoms with Crippen LogP contribution in [0.25, 0.3) is 0 Å². The molecule has 6 nitrogen and oxygen atoms in total. The van der Waals surface area contributed by atoms with E-state index >= 15 is 0 Å². The van der Waals surface area contributed by atoms with E-state index in [1.165, 1.54) is 18.3 Å². The fourth-order valence-corrected chi connectivity index (χ4v) is 1.98. The number of carbonyl (C=O) groups is 1. The number of carbonyl (C=O) groups excluding carboxylic acids is 1. The lowest BCUT2D eigenvalue weighted by Crippen LogP contribution is -2.16. The molecule has 9 heteroatoms. The number of aromatic nitrogens is 1. The van der Waals surface area contributed by atoms with E-state index in [1.54, 1.807) is 0 Å². The van der Waals surface area contributed by atoms with Gasteiger partial charge in [-0.3, -0.25) is 14.9 Å². The number of benzene rings is 1. The van der Waals surface area contributed by atoms with Crippen LogP contribution in [0.1, 0.15) is 10.4 Å². The van der Waals surface area contributed by atoms with E-state index in [0.717, 1.165) is 6.07 Å². The zero-order chi connectivity index (χ0) is 15.6. The van der Waals surface area contributed by atoms with Crippen molar-refractivity contribution in [3.63, 3.8) is 0 Å². The monoisotopic (exact) mass is 357 g/mol. The van der Waals surface area contributed by atoms with Crippen molar-refractivity contribution in [3.8, 4) is 0 Å². The summed E-state index contributed by atoms with van der Waals surface area (Å²) < 4.78 is 27.0. The average molecular weight is 358 g/mol. The van der Waals surface area contributed by atoms with Crippen molar-refractivity contribution in [1.29, 1.82) is 0 Å². The van der Waals surface area contributed by atoms with E-state index in [4.69, 9.17) is 0 Å². The fourth-order valence-electron chi connectivity index (χ4n) is 1.55. The largest absolute Gasteiger partial charge is 0.314 e. The van der Waals surface area contributed by atoms with Crippen LogP contribution in [-0.2, 0) is 0 Å². The molecule has 1 amide bonds. The summed E-state index contributed by atoms with van der Waals surface area (Å²) >= 11 is 3.02. The van der Waals surface area contributed by atoms with Crippen molar-refractivity contribution < 1.29 is 18.5 Å². The van der Waals surface area contributed by atoms with Crippen molar-refractivity contribution in [2.75, 3.05) is 5.32 Å². The smallest absolute Gasteiger partial charge is 0.296 e. The SMILES string of the molecule is O=C(Nc1c([N+](=O)[O-])ccc(F)c1F)c1cccnc1Br. The first kappa shape index (κ1) is 15.0. The van der Waals surface area contributed by atoms with Gasteiger partial charge in [-0.2, -0.15) is 0 Å². The molecule has 0 unspecified atom stereocenters. The minimum Gasteiger partial charge on any atom is -0.314 e. The summed E-state index contributed by atoms with van der Waals surface area (Å²) in [5, 5.41) is 12.8. The molecule has 21 heavy (non-hydrogen) atoms. The second-order valence-corrected chi connectivity index (χ2v) is 4.56. The van der Waals surface area contributed by atoms with Crippen LogP contribution in [0.4, 0.5) is 20.2 Å². The molecule has 0 saturated carbocycles. The maximum atomic E-state index is 13.7. The number of pyridine rings is 1. The van der Waals surface area contributed by atoms with E-state index in [2.05, 4.69) is 20.9 Å². The number of halogens is 3. The number of nitrogens with zero attached hydrogens (tertiary/aromatic N) is 2. The zero-order valence-electron chi connectivity index (χ0n) is 10.1. The Labute approximate surface area is 125 Å². The van der Waals surface area contributed by atoms with Gasteiger partial charge in [-0.05, 0) is 34.1 Å². The fraction of sp³-hybridized carbons (Fsp3) is 0. The van der Waals surface area contributed by atoms with Gasteiger partial charge in [-0.15, -0.1) is 0 Å². The lowest BCUT2D eigenvalue weighted by Gasteiger charge is -2.08. The van der Waals surface area contributed by atoms with Gasteiger partial charge in [-0.1, -0.05) is 0 Å². The minimum atomic E-state index is -1.50. The van der Waals surface area contributed by atoms with Gasteiger partial charge in [0, 0.05) is 12.3 Å². The highest BCUT2D eigenvalue weighted by molar-refractivity contribution is 9.10. The summed E-state index contributed by atoms with van der Waals surface area (Å²) in [7, 11) is 0. The molecule has 1 aromatic carbocycles. The molecule has 0 aliphatic rings. The summed E-state index contributed by atoms with van der Waals surface area (Å²) in [5.74, 6) is -3.67. The number of nitro benzene ring substituents is 1. The molecule has 1 aromatic heterocycles. The van der Waals surface area contributed by atoms with Crippen LogP contribution in [0.5, 0.6) is 0 Å². The Kier molecular flexibility index (Phi) is 4.22. The van der Waals surface area contributed by atoms with Crippen molar-refractivity contribution in [2.45, 2.75) is 0 Å². The molecule has 0 aliphatic carbocycles. The standard InChI is InChI=1S/C12H6BrF2N3O3/c13-11-6(2-1-5-16-11)12(19)17-10-8(18(20)21)4-3-7(14)9(10)15/h1-5H,(H,17,19). The molecule has 1 heterocycles. The maximum absolute atomic E-state index is 13.7. The van der Waals surface area contributed by atoms with Gasteiger partial charge >= 0.3 is 0 Å². The van der Waals surface area contributed by atoms with Crippen LogP contribution < -0.4 is 5.32 Å². The van der Waals surface area contributed by atoms with E-state index in [-0.39, 0.29) is 10.2 Å². The van der Waals surface area contributed by atoms with Gasteiger partial charge < -0.3 is 5.32 Å².